The molecule has 0 spiro atoms. The maximum Gasteiger partial charge on any atom is -0.0215 e. The Kier molecular flexibility index (Phi) is 6.42. The van der Waals surface area contributed by atoms with Crippen molar-refractivity contribution in [2.75, 3.05) is 0 Å². The van der Waals surface area contributed by atoms with E-state index in [1.165, 1.54) is 32.1 Å². The lowest BCUT2D eigenvalue weighted by Gasteiger charge is -2.73. The summed E-state index contributed by atoms with van der Waals surface area (Å²) in [5.41, 5.74) is 1.52. The first-order chi connectivity index (χ1) is 15.9. The van der Waals surface area contributed by atoms with E-state index in [0.29, 0.717) is 16.2 Å². The summed E-state index contributed by atoms with van der Waals surface area (Å²) < 4.78 is 0. The van der Waals surface area contributed by atoms with Gasteiger partial charge in [-0.3, -0.25) is 0 Å². The van der Waals surface area contributed by atoms with Crippen LogP contribution in [-0.2, 0) is 0 Å². The predicted octanol–water partition coefficient (Wildman–Crippen LogP) is 10.1. The molecule has 5 aliphatic carbocycles. The molecule has 0 aromatic rings. The molecule has 5 fully saturated rings. The minimum atomic E-state index is 0.475. The number of rotatable bonds is 2. The van der Waals surface area contributed by atoms with Crippen molar-refractivity contribution < 1.29 is 0 Å². The van der Waals surface area contributed by atoms with Crippen molar-refractivity contribution in [2.45, 2.75) is 127 Å². The van der Waals surface area contributed by atoms with E-state index in [2.05, 4.69) is 69.2 Å². The fourth-order valence-corrected chi connectivity index (χ4v) is 13.8. The molecule has 0 aromatic carbocycles. The minimum absolute atomic E-state index is 0.475. The Hall–Kier alpha value is 0. The lowest BCUT2D eigenvalue weighted by Crippen LogP contribution is -2.67. The topological polar surface area (TPSA) is 0 Å². The average molecular weight is 469 g/mol. The molecular formula is C34H60. The third-order valence-electron chi connectivity index (χ3n) is 14.6. The van der Waals surface area contributed by atoms with Crippen molar-refractivity contribution in [2.24, 2.45) is 87.3 Å². The molecule has 0 N–H and O–H groups in total. The Morgan fingerprint density at radius 1 is 0.706 bits per heavy atom. The van der Waals surface area contributed by atoms with Crippen LogP contribution >= 0.6 is 0 Å². The molecule has 0 aromatic heterocycles. The van der Waals surface area contributed by atoms with E-state index >= 15 is 0 Å². The van der Waals surface area contributed by atoms with Crippen LogP contribution in [0.2, 0.25) is 0 Å². The fourth-order valence-electron chi connectivity index (χ4n) is 13.8. The van der Waals surface area contributed by atoms with Crippen LogP contribution < -0.4 is 0 Å². The summed E-state index contributed by atoms with van der Waals surface area (Å²) in [6.07, 6.45) is 13.7. The molecule has 0 bridgehead atoms. The summed E-state index contributed by atoms with van der Waals surface area (Å²) in [7, 11) is 0. The van der Waals surface area contributed by atoms with E-state index in [1.54, 1.807) is 25.7 Å². The zero-order valence-corrected chi connectivity index (χ0v) is 24.8. The van der Waals surface area contributed by atoms with Gasteiger partial charge in [0.25, 0.3) is 0 Å². The van der Waals surface area contributed by atoms with Gasteiger partial charge in [-0.25, -0.2) is 0 Å². The van der Waals surface area contributed by atoms with Gasteiger partial charge in [-0.2, -0.15) is 0 Å². The first kappa shape index (κ1) is 25.6. The van der Waals surface area contributed by atoms with Crippen molar-refractivity contribution in [1.82, 2.24) is 0 Å². The van der Waals surface area contributed by atoms with Crippen LogP contribution in [0.4, 0.5) is 0 Å². The second-order valence-electron chi connectivity index (χ2n) is 16.3. The standard InChI is InChI=1S/C34H60/c1-20(2)29-22(4)17-33(9)19-32(8)18-28-27(26-13-11-12-14-26)16-15-21(3)30(28)23(5)31(32)25(7)34(33,10)24(29)6/h20-31H,11-19H2,1-10H3/t21?,22?,23?,24?,25?,27?,28?,29?,30?,31?,32?,33?,34-/m0/s1. The van der Waals surface area contributed by atoms with Gasteiger partial charge in [-0.05, 0) is 113 Å². The minimum Gasteiger partial charge on any atom is -0.0625 e. The highest BCUT2D eigenvalue weighted by atomic mass is 14.7. The SMILES string of the molecule is CC(C)C1C(C)CC2(C)CC3(C)CC4C(C5CCCC5)CCC(C)C4C(C)C3C(C)[C@]2(C)C1C. The molecule has 0 radical (unpaired) electrons. The summed E-state index contributed by atoms with van der Waals surface area (Å²) in [4.78, 5) is 0. The third-order valence-corrected chi connectivity index (χ3v) is 14.6. The fraction of sp³-hybridized carbons (Fsp3) is 1.00. The van der Waals surface area contributed by atoms with Gasteiger partial charge in [-0.1, -0.05) is 101 Å². The lowest BCUT2D eigenvalue weighted by molar-refractivity contribution is -0.248. The Bertz CT molecular complexity index is 745. The molecule has 12 unspecified atom stereocenters. The Morgan fingerprint density at radius 2 is 1.35 bits per heavy atom. The van der Waals surface area contributed by atoms with E-state index in [-0.39, 0.29) is 0 Å². The molecule has 13 atom stereocenters. The summed E-state index contributed by atoms with van der Waals surface area (Å²) >= 11 is 0. The second kappa shape index (κ2) is 8.51. The van der Waals surface area contributed by atoms with E-state index in [4.69, 9.17) is 0 Å². The van der Waals surface area contributed by atoms with Crippen molar-refractivity contribution in [3.63, 3.8) is 0 Å². The van der Waals surface area contributed by atoms with Gasteiger partial charge in [0.1, 0.15) is 0 Å². The molecule has 0 nitrogen and oxygen atoms in total. The average Bonchev–Trinajstić information content (AvgIpc) is 3.24. The molecule has 0 saturated heterocycles. The molecule has 5 rings (SSSR count). The van der Waals surface area contributed by atoms with Gasteiger partial charge < -0.3 is 0 Å². The Morgan fingerprint density at radius 3 is 1.97 bits per heavy atom. The highest BCUT2D eigenvalue weighted by Gasteiger charge is 2.68. The van der Waals surface area contributed by atoms with Crippen LogP contribution in [0, 0.1) is 87.3 Å². The van der Waals surface area contributed by atoms with Crippen LogP contribution in [0.15, 0.2) is 0 Å². The summed E-state index contributed by atoms with van der Waals surface area (Å²) in [6, 6.07) is 0. The summed E-state index contributed by atoms with van der Waals surface area (Å²) in [5.74, 6) is 11.1. The van der Waals surface area contributed by atoms with Crippen molar-refractivity contribution >= 4 is 0 Å². The lowest BCUT2D eigenvalue weighted by atomic mass is 9.31. The molecule has 0 aliphatic heterocycles. The van der Waals surface area contributed by atoms with Crippen molar-refractivity contribution in [3.8, 4) is 0 Å². The van der Waals surface area contributed by atoms with Gasteiger partial charge in [-0.15, -0.1) is 0 Å². The maximum atomic E-state index is 2.81. The van der Waals surface area contributed by atoms with Gasteiger partial charge in [0.2, 0.25) is 0 Å². The largest absolute Gasteiger partial charge is 0.0625 e. The monoisotopic (exact) mass is 468 g/mol. The summed E-state index contributed by atoms with van der Waals surface area (Å²) in [5, 5.41) is 0. The second-order valence-corrected chi connectivity index (χ2v) is 16.3. The molecule has 0 amide bonds. The van der Waals surface area contributed by atoms with E-state index in [1.807, 2.05) is 0 Å². The van der Waals surface area contributed by atoms with E-state index in [0.717, 1.165) is 71.0 Å². The number of fused-ring (bicyclic) bond motifs is 3. The number of hydrogen-bond donors (Lipinski definition) is 0. The summed E-state index contributed by atoms with van der Waals surface area (Å²) in [6.45, 7) is 26.9. The van der Waals surface area contributed by atoms with Gasteiger partial charge >= 0.3 is 0 Å². The molecule has 34 heavy (non-hydrogen) atoms. The van der Waals surface area contributed by atoms with Gasteiger partial charge in [0, 0.05) is 0 Å². The van der Waals surface area contributed by atoms with E-state index < -0.39 is 0 Å². The molecular weight excluding hydrogens is 408 g/mol. The van der Waals surface area contributed by atoms with Crippen LogP contribution in [0.3, 0.4) is 0 Å². The van der Waals surface area contributed by atoms with Crippen LogP contribution in [0.1, 0.15) is 127 Å². The van der Waals surface area contributed by atoms with Gasteiger partial charge in [0.15, 0.2) is 0 Å². The molecule has 5 saturated carbocycles. The zero-order valence-electron chi connectivity index (χ0n) is 24.8. The molecule has 5 aliphatic rings. The Labute approximate surface area is 214 Å². The highest BCUT2D eigenvalue weighted by molar-refractivity contribution is 5.17. The van der Waals surface area contributed by atoms with Crippen LogP contribution in [0.25, 0.3) is 0 Å². The normalized spacial score (nSPS) is 58.3. The van der Waals surface area contributed by atoms with Crippen LogP contribution in [-0.4, -0.2) is 0 Å². The zero-order chi connectivity index (χ0) is 24.8. The van der Waals surface area contributed by atoms with Crippen molar-refractivity contribution in [1.29, 1.82) is 0 Å². The van der Waals surface area contributed by atoms with Crippen molar-refractivity contribution in [3.05, 3.63) is 0 Å². The first-order valence-corrected chi connectivity index (χ1v) is 15.9. The van der Waals surface area contributed by atoms with Gasteiger partial charge in [0.05, 0.1) is 0 Å². The third kappa shape index (κ3) is 3.41. The quantitative estimate of drug-likeness (QED) is 0.378. The maximum absolute atomic E-state index is 2.81. The number of hydrogen-bond acceptors (Lipinski definition) is 0. The molecule has 0 heterocycles. The molecule has 0 heteroatoms. The Balaban J connectivity index is 1.54. The first-order valence-electron chi connectivity index (χ1n) is 15.9. The smallest absolute Gasteiger partial charge is 0.0215 e. The van der Waals surface area contributed by atoms with Crippen LogP contribution in [0.5, 0.6) is 0 Å². The molecule has 196 valence electrons. The highest BCUT2D eigenvalue weighted by Crippen LogP contribution is 2.75. The van der Waals surface area contributed by atoms with E-state index in [9.17, 15) is 0 Å². The predicted molar refractivity (Wildman–Crippen MR) is 147 cm³/mol.